The molecule has 14 heavy (non-hydrogen) atoms. The van der Waals surface area contributed by atoms with E-state index < -0.39 is 5.97 Å². The molecule has 0 fully saturated rings. The summed E-state index contributed by atoms with van der Waals surface area (Å²) in [5.41, 5.74) is 0.176. The molecule has 0 spiro atoms. The first-order chi connectivity index (χ1) is 6.57. The van der Waals surface area contributed by atoms with Crippen LogP contribution in [0.2, 0.25) is 0 Å². The van der Waals surface area contributed by atoms with Crippen molar-refractivity contribution in [1.29, 1.82) is 0 Å². The van der Waals surface area contributed by atoms with Gasteiger partial charge in [0.15, 0.2) is 0 Å². The van der Waals surface area contributed by atoms with Crippen molar-refractivity contribution in [2.75, 3.05) is 26.2 Å². The van der Waals surface area contributed by atoms with Gasteiger partial charge in [-0.05, 0) is 6.92 Å². The Kier molecular flexibility index (Phi) is 6.39. The smallest absolute Gasteiger partial charge is 0.330 e. The van der Waals surface area contributed by atoms with Gasteiger partial charge in [-0.25, -0.2) is 4.79 Å². The third-order valence-corrected chi connectivity index (χ3v) is 1.51. The zero-order chi connectivity index (χ0) is 11.0. The summed E-state index contributed by atoms with van der Waals surface area (Å²) in [5, 5.41) is 16.3. The van der Waals surface area contributed by atoms with E-state index in [0.717, 1.165) is 19.6 Å². The fourth-order valence-electron chi connectivity index (χ4n) is 0.715. The Labute approximate surface area is 83.4 Å². The van der Waals surface area contributed by atoms with E-state index in [1.54, 1.807) is 6.34 Å². The second-order valence-electron chi connectivity index (χ2n) is 2.87. The summed E-state index contributed by atoms with van der Waals surface area (Å²) in [7, 11) is 0. The predicted octanol–water partition coefficient (Wildman–Crippen LogP) is -0.0303. The topological polar surface area (TPSA) is 73.1 Å². The van der Waals surface area contributed by atoms with Gasteiger partial charge in [-0.1, -0.05) is 6.58 Å². The molecule has 5 heteroatoms. The summed E-state index contributed by atoms with van der Waals surface area (Å²) in [6.07, 6.45) is 1.79. The molecule has 0 aromatic rings. The van der Waals surface area contributed by atoms with E-state index in [-0.39, 0.29) is 12.2 Å². The third-order valence-electron chi connectivity index (χ3n) is 1.51. The molecular formula is C9H16N2O3. The molecule has 0 aliphatic carbocycles. The fourth-order valence-corrected chi connectivity index (χ4v) is 0.715. The van der Waals surface area contributed by atoms with Gasteiger partial charge in [0.25, 0.3) is 0 Å². The molecule has 1 aliphatic rings. The molecule has 80 valence electrons. The molecule has 5 nitrogen and oxygen atoms in total. The molecule has 1 rings (SSSR count). The molecule has 0 saturated carbocycles. The zero-order valence-electron chi connectivity index (χ0n) is 8.31. The van der Waals surface area contributed by atoms with Crippen LogP contribution < -0.4 is 0 Å². The minimum absolute atomic E-state index is 0.176. The van der Waals surface area contributed by atoms with E-state index in [1.165, 1.54) is 6.92 Å². The maximum Gasteiger partial charge on any atom is 0.330 e. The number of aliphatic hydroxyl groups is 1. The second kappa shape index (κ2) is 7.08. The van der Waals surface area contributed by atoms with Gasteiger partial charge in [-0.2, -0.15) is 0 Å². The van der Waals surface area contributed by atoms with E-state index in [9.17, 15) is 4.79 Å². The van der Waals surface area contributed by atoms with Crippen molar-refractivity contribution in [1.82, 2.24) is 4.90 Å². The van der Waals surface area contributed by atoms with Crippen LogP contribution >= 0.6 is 0 Å². The largest absolute Gasteiger partial charge is 0.478 e. The highest BCUT2D eigenvalue weighted by molar-refractivity contribution is 5.84. The summed E-state index contributed by atoms with van der Waals surface area (Å²) >= 11 is 0. The molecule has 0 aromatic carbocycles. The summed E-state index contributed by atoms with van der Waals surface area (Å²) in [6, 6.07) is 0. The number of hydrogen-bond donors (Lipinski definition) is 2. The average molecular weight is 200 g/mol. The number of β-amino-alcohol motifs (C(OH)–C–C–N with tert-alkyl or cyclic N) is 1. The first kappa shape index (κ1) is 12.6. The number of rotatable bonds is 3. The normalized spacial score (nSPS) is 13.4. The maximum absolute atomic E-state index is 9.60. The lowest BCUT2D eigenvalue weighted by Gasteiger charge is -2.09. The minimum Gasteiger partial charge on any atom is -0.478 e. The van der Waals surface area contributed by atoms with Crippen LogP contribution in [0.25, 0.3) is 0 Å². The lowest BCUT2D eigenvalue weighted by molar-refractivity contribution is -0.132. The van der Waals surface area contributed by atoms with Gasteiger partial charge in [0.2, 0.25) is 0 Å². The van der Waals surface area contributed by atoms with E-state index >= 15 is 0 Å². The van der Waals surface area contributed by atoms with Crippen molar-refractivity contribution in [3.8, 4) is 0 Å². The number of carboxylic acid groups (broad SMARTS) is 1. The SMILES string of the molecule is C=C(C)C(=O)O.OCCN1C=NCC1. The van der Waals surface area contributed by atoms with Gasteiger partial charge in [-0.15, -0.1) is 0 Å². The number of aliphatic hydroxyl groups excluding tert-OH is 1. The quantitative estimate of drug-likeness (QED) is 0.627. The molecule has 0 radical (unpaired) electrons. The van der Waals surface area contributed by atoms with Crippen LogP contribution in [0.15, 0.2) is 17.1 Å². The lowest BCUT2D eigenvalue weighted by Crippen LogP contribution is -2.22. The van der Waals surface area contributed by atoms with Crippen LogP contribution in [0.5, 0.6) is 0 Å². The average Bonchev–Trinajstić information content (AvgIpc) is 2.58. The van der Waals surface area contributed by atoms with Crippen LogP contribution in [-0.4, -0.2) is 53.7 Å². The number of carboxylic acids is 1. The number of carbonyl (C=O) groups is 1. The molecule has 0 bridgehead atoms. The minimum atomic E-state index is -0.935. The number of aliphatic carboxylic acids is 1. The van der Waals surface area contributed by atoms with E-state index in [4.69, 9.17) is 10.2 Å². The van der Waals surface area contributed by atoms with Crippen molar-refractivity contribution in [2.24, 2.45) is 4.99 Å². The summed E-state index contributed by atoms with van der Waals surface area (Å²) < 4.78 is 0. The number of nitrogens with zero attached hydrogens (tertiary/aromatic N) is 2. The van der Waals surface area contributed by atoms with E-state index in [0.29, 0.717) is 0 Å². The Morgan fingerprint density at radius 2 is 2.29 bits per heavy atom. The summed E-state index contributed by atoms with van der Waals surface area (Å²) in [5.74, 6) is -0.935. The van der Waals surface area contributed by atoms with Crippen molar-refractivity contribution in [3.05, 3.63) is 12.2 Å². The van der Waals surface area contributed by atoms with Crippen LogP contribution in [-0.2, 0) is 4.79 Å². The zero-order valence-corrected chi connectivity index (χ0v) is 8.31. The Bertz CT molecular complexity index is 214. The lowest BCUT2D eigenvalue weighted by atomic mass is 10.4. The van der Waals surface area contributed by atoms with Crippen LogP contribution in [0.3, 0.4) is 0 Å². The Morgan fingerprint density at radius 3 is 2.57 bits per heavy atom. The van der Waals surface area contributed by atoms with Gasteiger partial charge < -0.3 is 15.1 Å². The third kappa shape index (κ3) is 6.19. The summed E-state index contributed by atoms with van der Waals surface area (Å²) in [4.78, 5) is 15.6. The Hall–Kier alpha value is -1.36. The second-order valence-corrected chi connectivity index (χ2v) is 2.87. The van der Waals surface area contributed by atoms with Gasteiger partial charge in [-0.3, -0.25) is 4.99 Å². The van der Waals surface area contributed by atoms with Crippen LogP contribution in [0.1, 0.15) is 6.92 Å². The molecule has 2 N–H and O–H groups in total. The van der Waals surface area contributed by atoms with Crippen LogP contribution in [0, 0.1) is 0 Å². The molecule has 0 unspecified atom stereocenters. The van der Waals surface area contributed by atoms with E-state index in [2.05, 4.69) is 11.6 Å². The van der Waals surface area contributed by atoms with Crippen molar-refractivity contribution in [2.45, 2.75) is 6.92 Å². The highest BCUT2D eigenvalue weighted by Gasteiger charge is 2.01. The monoisotopic (exact) mass is 200 g/mol. The first-order valence-corrected chi connectivity index (χ1v) is 4.31. The van der Waals surface area contributed by atoms with Gasteiger partial charge in [0.1, 0.15) is 0 Å². The van der Waals surface area contributed by atoms with Gasteiger partial charge >= 0.3 is 5.97 Å². The molecule has 0 aromatic heterocycles. The highest BCUT2D eigenvalue weighted by Crippen LogP contribution is 1.89. The Balaban J connectivity index is 0.000000255. The van der Waals surface area contributed by atoms with Crippen molar-refractivity contribution < 1.29 is 15.0 Å². The fraction of sp³-hybridized carbons (Fsp3) is 0.556. The summed E-state index contributed by atoms with van der Waals surface area (Å²) in [6.45, 7) is 7.42. The number of hydrogen-bond acceptors (Lipinski definition) is 4. The predicted molar refractivity (Wildman–Crippen MR) is 54.5 cm³/mol. The van der Waals surface area contributed by atoms with Gasteiger partial charge in [0.05, 0.1) is 19.5 Å². The molecule has 1 heterocycles. The van der Waals surface area contributed by atoms with Crippen molar-refractivity contribution in [3.63, 3.8) is 0 Å². The highest BCUT2D eigenvalue weighted by atomic mass is 16.4. The molecule has 0 amide bonds. The molecule has 0 atom stereocenters. The van der Waals surface area contributed by atoms with E-state index in [1.807, 2.05) is 4.90 Å². The number of aliphatic imine (C=N–C) groups is 1. The van der Waals surface area contributed by atoms with Gasteiger partial charge in [0, 0.05) is 18.7 Å². The molecular weight excluding hydrogens is 184 g/mol. The standard InChI is InChI=1S/C5H10N2O.C4H6O2/c8-4-3-7-2-1-6-5-7;1-3(2)4(5)6/h5,8H,1-4H2;1H2,2H3,(H,5,6). The molecule has 0 saturated heterocycles. The van der Waals surface area contributed by atoms with Crippen molar-refractivity contribution >= 4 is 12.3 Å². The molecule has 1 aliphatic heterocycles. The van der Waals surface area contributed by atoms with Crippen LogP contribution in [0.4, 0.5) is 0 Å². The maximum atomic E-state index is 9.60. The first-order valence-electron chi connectivity index (χ1n) is 4.31. The Morgan fingerprint density at radius 1 is 1.71 bits per heavy atom.